The van der Waals surface area contributed by atoms with Gasteiger partial charge < -0.3 is 21.3 Å². The number of carbonyl (C=O) groups excluding carboxylic acids is 1. The molecule has 0 bridgehead atoms. The zero-order valence-corrected chi connectivity index (χ0v) is 19.3. The highest BCUT2D eigenvalue weighted by Crippen LogP contribution is 2.20. The predicted octanol–water partition coefficient (Wildman–Crippen LogP) is 5.41. The molecule has 1 amide bonds. The number of aryl methyl sites for hydroxylation is 2. The highest BCUT2D eigenvalue weighted by Gasteiger charge is 2.16. The molecule has 172 valence electrons. The number of para-hydroxylation sites is 1. The Bertz CT molecular complexity index is 1180. The molecule has 8 nitrogen and oxygen atoms in total. The molecule has 8 heteroatoms. The number of amides is 1. The van der Waals surface area contributed by atoms with Gasteiger partial charge in [-0.2, -0.15) is 15.0 Å². The minimum absolute atomic E-state index is 0.201. The van der Waals surface area contributed by atoms with Crippen LogP contribution >= 0.6 is 0 Å². The fourth-order valence-electron chi connectivity index (χ4n) is 3.12. The number of hydrogen-bond acceptors (Lipinski definition) is 7. The topological polar surface area (TPSA) is 104 Å². The Kier molecular flexibility index (Phi) is 6.98. The maximum Gasteiger partial charge on any atom is 0.246 e. The lowest BCUT2D eigenvalue weighted by Gasteiger charge is -2.16. The lowest BCUT2D eigenvalue weighted by Crippen LogP contribution is -2.32. The van der Waals surface area contributed by atoms with E-state index in [9.17, 15) is 4.79 Å². The summed E-state index contributed by atoms with van der Waals surface area (Å²) in [6, 6.07) is 24.5. The first-order valence-electron chi connectivity index (χ1n) is 11.0. The van der Waals surface area contributed by atoms with Crippen LogP contribution in [0, 0.1) is 13.8 Å². The predicted molar refractivity (Wildman–Crippen MR) is 137 cm³/mol. The van der Waals surface area contributed by atoms with E-state index < -0.39 is 6.04 Å². The minimum atomic E-state index is -0.581. The molecular formula is C26H27N7O. The van der Waals surface area contributed by atoms with Crippen LogP contribution in [-0.2, 0) is 4.79 Å². The molecule has 0 radical (unpaired) electrons. The Hall–Kier alpha value is -4.46. The number of benzene rings is 3. The van der Waals surface area contributed by atoms with Gasteiger partial charge in [0, 0.05) is 17.1 Å². The second kappa shape index (κ2) is 10.4. The van der Waals surface area contributed by atoms with E-state index in [1.54, 1.807) is 6.92 Å². The Morgan fingerprint density at radius 2 is 1.12 bits per heavy atom. The van der Waals surface area contributed by atoms with Crippen LogP contribution in [0.4, 0.5) is 34.9 Å². The number of aromatic nitrogens is 3. The summed E-state index contributed by atoms with van der Waals surface area (Å²) in [5, 5.41) is 12.4. The van der Waals surface area contributed by atoms with Crippen LogP contribution in [0.15, 0.2) is 78.9 Å². The molecule has 0 saturated carbocycles. The van der Waals surface area contributed by atoms with Crippen molar-refractivity contribution < 1.29 is 4.79 Å². The number of hydrogen-bond donors (Lipinski definition) is 4. The average molecular weight is 454 g/mol. The van der Waals surface area contributed by atoms with Gasteiger partial charge in [-0.1, -0.05) is 53.6 Å². The van der Waals surface area contributed by atoms with Gasteiger partial charge in [-0.05, 0) is 57.2 Å². The summed E-state index contributed by atoms with van der Waals surface area (Å²) in [5.41, 5.74) is 4.73. The van der Waals surface area contributed by atoms with Crippen LogP contribution in [0.25, 0.3) is 0 Å². The van der Waals surface area contributed by atoms with Gasteiger partial charge in [0.2, 0.25) is 23.8 Å². The highest BCUT2D eigenvalue weighted by molar-refractivity contribution is 5.96. The second-order valence-electron chi connectivity index (χ2n) is 8.01. The van der Waals surface area contributed by atoms with Gasteiger partial charge >= 0.3 is 0 Å². The number of anilines is 6. The van der Waals surface area contributed by atoms with Gasteiger partial charge in [0.15, 0.2) is 0 Å². The maximum absolute atomic E-state index is 12.7. The first kappa shape index (κ1) is 22.7. The van der Waals surface area contributed by atoms with Crippen molar-refractivity contribution in [1.29, 1.82) is 0 Å². The third-order valence-corrected chi connectivity index (χ3v) is 5.03. The molecule has 0 saturated heterocycles. The first-order chi connectivity index (χ1) is 16.4. The zero-order chi connectivity index (χ0) is 23.9. The van der Waals surface area contributed by atoms with Gasteiger partial charge in [-0.15, -0.1) is 0 Å². The molecule has 1 atom stereocenters. The Morgan fingerprint density at radius 3 is 1.62 bits per heavy atom. The van der Waals surface area contributed by atoms with Crippen molar-refractivity contribution in [2.45, 2.75) is 26.8 Å². The van der Waals surface area contributed by atoms with Gasteiger partial charge in [0.05, 0.1) is 0 Å². The van der Waals surface area contributed by atoms with Crippen molar-refractivity contribution >= 4 is 40.8 Å². The number of carbonyl (C=O) groups is 1. The molecule has 0 aliphatic rings. The summed E-state index contributed by atoms with van der Waals surface area (Å²) in [4.78, 5) is 26.1. The lowest BCUT2D eigenvalue weighted by atomic mass is 10.2. The number of rotatable bonds is 8. The Labute approximate surface area is 198 Å². The fourth-order valence-corrected chi connectivity index (χ4v) is 3.12. The summed E-state index contributed by atoms with van der Waals surface area (Å²) < 4.78 is 0. The summed E-state index contributed by atoms with van der Waals surface area (Å²) >= 11 is 0. The second-order valence-corrected chi connectivity index (χ2v) is 8.01. The van der Waals surface area contributed by atoms with Crippen molar-refractivity contribution in [3.8, 4) is 0 Å². The Balaban J connectivity index is 1.55. The van der Waals surface area contributed by atoms with Crippen LogP contribution < -0.4 is 21.3 Å². The SMILES string of the molecule is Cc1ccc(Nc2nc(Nc3ccc(C)cc3)nc(N[C@H](C)C(=O)Nc3ccccc3)n2)cc1. The Morgan fingerprint density at radius 1 is 0.647 bits per heavy atom. The molecule has 0 fully saturated rings. The van der Waals surface area contributed by atoms with E-state index in [1.807, 2.05) is 92.7 Å². The molecule has 3 aromatic carbocycles. The summed E-state index contributed by atoms with van der Waals surface area (Å²) in [7, 11) is 0. The van der Waals surface area contributed by atoms with Crippen molar-refractivity contribution in [3.63, 3.8) is 0 Å². The van der Waals surface area contributed by atoms with Gasteiger partial charge in [-0.25, -0.2) is 0 Å². The van der Waals surface area contributed by atoms with E-state index in [-0.39, 0.29) is 11.9 Å². The number of nitrogens with one attached hydrogen (secondary N) is 4. The van der Waals surface area contributed by atoms with Crippen LogP contribution in [-0.4, -0.2) is 26.9 Å². The largest absolute Gasteiger partial charge is 0.342 e. The van der Waals surface area contributed by atoms with Crippen molar-refractivity contribution in [2.24, 2.45) is 0 Å². The molecule has 1 heterocycles. The van der Waals surface area contributed by atoms with Crippen LogP contribution in [0.5, 0.6) is 0 Å². The molecule has 0 unspecified atom stereocenters. The summed E-state index contributed by atoms with van der Waals surface area (Å²) in [6.07, 6.45) is 0. The van der Waals surface area contributed by atoms with Crippen molar-refractivity contribution in [1.82, 2.24) is 15.0 Å². The van der Waals surface area contributed by atoms with E-state index in [0.29, 0.717) is 11.9 Å². The summed E-state index contributed by atoms with van der Waals surface area (Å²) in [5.74, 6) is 0.779. The quantitative estimate of drug-likeness (QED) is 0.283. The molecular weight excluding hydrogens is 426 g/mol. The van der Waals surface area contributed by atoms with E-state index >= 15 is 0 Å². The third-order valence-electron chi connectivity index (χ3n) is 5.03. The smallest absolute Gasteiger partial charge is 0.246 e. The lowest BCUT2D eigenvalue weighted by molar-refractivity contribution is -0.116. The third kappa shape index (κ3) is 6.29. The molecule has 1 aromatic heterocycles. The van der Waals surface area contributed by atoms with Gasteiger partial charge in [0.25, 0.3) is 0 Å². The van der Waals surface area contributed by atoms with Crippen LogP contribution in [0.3, 0.4) is 0 Å². The van der Waals surface area contributed by atoms with Crippen LogP contribution in [0.2, 0.25) is 0 Å². The van der Waals surface area contributed by atoms with Crippen molar-refractivity contribution in [3.05, 3.63) is 90.0 Å². The van der Waals surface area contributed by atoms with E-state index in [1.165, 1.54) is 0 Å². The summed E-state index contributed by atoms with van der Waals surface area (Å²) in [6.45, 7) is 5.81. The minimum Gasteiger partial charge on any atom is -0.342 e. The fraction of sp³-hybridized carbons (Fsp3) is 0.154. The monoisotopic (exact) mass is 453 g/mol. The van der Waals surface area contributed by atoms with Crippen molar-refractivity contribution in [2.75, 3.05) is 21.3 Å². The maximum atomic E-state index is 12.7. The molecule has 4 N–H and O–H groups in total. The van der Waals surface area contributed by atoms with E-state index in [2.05, 4.69) is 36.2 Å². The standard InChI is InChI=1S/C26H27N7O/c1-17-9-13-21(14-10-17)29-25-31-24(27-19(3)23(34)28-20-7-5-4-6-8-20)32-26(33-25)30-22-15-11-18(2)12-16-22/h4-16,19H,1-3H3,(H,28,34)(H3,27,29,30,31,32,33)/t19-/m1/s1. The molecule has 4 aromatic rings. The molecule has 0 aliphatic carbocycles. The molecule has 0 spiro atoms. The van der Waals surface area contributed by atoms with Gasteiger partial charge in [-0.3, -0.25) is 4.79 Å². The first-order valence-corrected chi connectivity index (χ1v) is 11.0. The van der Waals surface area contributed by atoms with Crippen LogP contribution in [0.1, 0.15) is 18.1 Å². The number of nitrogens with zero attached hydrogens (tertiary/aromatic N) is 3. The average Bonchev–Trinajstić information content (AvgIpc) is 2.82. The van der Waals surface area contributed by atoms with Gasteiger partial charge in [0.1, 0.15) is 6.04 Å². The van der Waals surface area contributed by atoms with E-state index in [0.717, 1.165) is 28.2 Å². The highest BCUT2D eigenvalue weighted by atomic mass is 16.2. The molecule has 34 heavy (non-hydrogen) atoms. The molecule has 4 rings (SSSR count). The van der Waals surface area contributed by atoms with E-state index in [4.69, 9.17) is 0 Å². The normalized spacial score (nSPS) is 11.4. The zero-order valence-electron chi connectivity index (χ0n) is 19.3. The molecule has 0 aliphatic heterocycles.